The summed E-state index contributed by atoms with van der Waals surface area (Å²) in [6.07, 6.45) is 5.54. The van der Waals surface area contributed by atoms with Crippen molar-refractivity contribution in [2.45, 2.75) is 49.8 Å². The molecule has 1 aliphatic rings. The standard InChI is InChI=1S/C16H19BrN4O3S/c1-8-11-7-18-15(25-2)20-13(11)21(14(22)12(8)17)10-5-3-9(4-6-10)19-16(23)24/h7,9-10,19H,3-6H2,1-2H3,(H,23,24). The number of rotatable bonds is 3. The molecular weight excluding hydrogens is 408 g/mol. The predicted octanol–water partition coefficient (Wildman–Crippen LogP) is 3.34. The van der Waals surface area contributed by atoms with E-state index in [1.54, 1.807) is 10.8 Å². The molecule has 2 N–H and O–H groups in total. The van der Waals surface area contributed by atoms with Crippen LogP contribution in [0.3, 0.4) is 0 Å². The van der Waals surface area contributed by atoms with Crippen molar-refractivity contribution >= 4 is 44.8 Å². The van der Waals surface area contributed by atoms with Gasteiger partial charge in [-0.3, -0.25) is 9.36 Å². The average Bonchev–Trinajstić information content (AvgIpc) is 2.60. The number of aryl methyl sites for hydroxylation is 1. The number of fused-ring (bicyclic) bond motifs is 1. The fourth-order valence-corrected chi connectivity index (χ4v) is 4.12. The highest BCUT2D eigenvalue weighted by molar-refractivity contribution is 9.10. The normalized spacial score (nSPS) is 20.6. The van der Waals surface area contributed by atoms with Crippen LogP contribution in [0.15, 0.2) is 20.6 Å². The molecule has 2 heterocycles. The van der Waals surface area contributed by atoms with E-state index in [4.69, 9.17) is 5.11 Å². The maximum absolute atomic E-state index is 12.9. The van der Waals surface area contributed by atoms with Crippen molar-refractivity contribution in [3.05, 3.63) is 26.6 Å². The highest BCUT2D eigenvalue weighted by Crippen LogP contribution is 2.32. The quantitative estimate of drug-likeness (QED) is 0.576. The van der Waals surface area contributed by atoms with Gasteiger partial charge in [-0.15, -0.1) is 0 Å². The molecule has 134 valence electrons. The number of halogens is 1. The van der Waals surface area contributed by atoms with Crippen LogP contribution in [0.1, 0.15) is 37.3 Å². The zero-order valence-electron chi connectivity index (χ0n) is 14.0. The Morgan fingerprint density at radius 2 is 2.08 bits per heavy atom. The number of hydrogen-bond acceptors (Lipinski definition) is 5. The minimum atomic E-state index is -0.999. The summed E-state index contributed by atoms with van der Waals surface area (Å²) in [7, 11) is 0. The van der Waals surface area contributed by atoms with Crippen molar-refractivity contribution in [2.24, 2.45) is 0 Å². The molecule has 2 aromatic rings. The first-order valence-electron chi connectivity index (χ1n) is 8.03. The van der Waals surface area contributed by atoms with Crippen molar-refractivity contribution in [1.29, 1.82) is 0 Å². The largest absolute Gasteiger partial charge is 0.465 e. The van der Waals surface area contributed by atoms with Crippen molar-refractivity contribution in [1.82, 2.24) is 19.9 Å². The Morgan fingerprint density at radius 3 is 2.68 bits per heavy atom. The van der Waals surface area contributed by atoms with E-state index in [1.165, 1.54) is 11.8 Å². The van der Waals surface area contributed by atoms with E-state index in [9.17, 15) is 9.59 Å². The lowest BCUT2D eigenvalue weighted by molar-refractivity contribution is 0.182. The number of pyridine rings is 1. The summed E-state index contributed by atoms with van der Waals surface area (Å²) in [5, 5.41) is 12.9. The fraction of sp³-hybridized carbons (Fsp3) is 0.500. The van der Waals surface area contributed by atoms with Gasteiger partial charge < -0.3 is 10.4 Å². The van der Waals surface area contributed by atoms with Gasteiger partial charge in [0.2, 0.25) is 0 Å². The van der Waals surface area contributed by atoms with Crippen LogP contribution in [0, 0.1) is 6.92 Å². The van der Waals surface area contributed by atoms with E-state index in [-0.39, 0.29) is 17.6 Å². The molecule has 1 saturated carbocycles. The number of nitrogens with zero attached hydrogens (tertiary/aromatic N) is 3. The van der Waals surface area contributed by atoms with Gasteiger partial charge in [0.1, 0.15) is 5.65 Å². The Hall–Kier alpha value is -1.61. The summed E-state index contributed by atoms with van der Waals surface area (Å²) in [6, 6.07) is -0.0515. The molecule has 2 aromatic heterocycles. The zero-order chi connectivity index (χ0) is 18.1. The van der Waals surface area contributed by atoms with Gasteiger partial charge in [0.25, 0.3) is 5.56 Å². The lowest BCUT2D eigenvalue weighted by Gasteiger charge is -2.30. The third-order valence-electron chi connectivity index (χ3n) is 4.69. The molecule has 1 aliphatic carbocycles. The number of thioether (sulfide) groups is 1. The molecular formula is C16H19BrN4O3S. The van der Waals surface area contributed by atoms with E-state index in [2.05, 4.69) is 31.2 Å². The Bertz CT molecular complexity index is 878. The molecule has 0 aromatic carbocycles. The highest BCUT2D eigenvalue weighted by atomic mass is 79.9. The van der Waals surface area contributed by atoms with E-state index in [1.807, 2.05) is 13.2 Å². The van der Waals surface area contributed by atoms with Crippen LogP contribution in [0.4, 0.5) is 4.79 Å². The first kappa shape index (κ1) is 18.2. The highest BCUT2D eigenvalue weighted by Gasteiger charge is 2.27. The second-order valence-electron chi connectivity index (χ2n) is 6.16. The SMILES string of the molecule is CSc1ncc2c(C)c(Br)c(=O)n(C3CCC(NC(=O)O)CC3)c2n1. The van der Waals surface area contributed by atoms with E-state index in [0.29, 0.717) is 28.1 Å². The van der Waals surface area contributed by atoms with Crippen LogP contribution in [0.5, 0.6) is 0 Å². The third-order valence-corrected chi connectivity index (χ3v) is 6.18. The molecule has 0 spiro atoms. The van der Waals surface area contributed by atoms with Crippen molar-refractivity contribution < 1.29 is 9.90 Å². The molecule has 3 rings (SSSR count). The van der Waals surface area contributed by atoms with Gasteiger partial charge >= 0.3 is 6.09 Å². The Balaban J connectivity index is 2.04. The number of aromatic nitrogens is 3. The summed E-state index contributed by atoms with van der Waals surface area (Å²) in [6.45, 7) is 1.88. The molecule has 0 unspecified atom stereocenters. The molecule has 25 heavy (non-hydrogen) atoms. The molecule has 0 bridgehead atoms. The van der Waals surface area contributed by atoms with E-state index < -0.39 is 6.09 Å². The zero-order valence-corrected chi connectivity index (χ0v) is 16.4. The number of nitrogens with one attached hydrogen (secondary N) is 1. The maximum Gasteiger partial charge on any atom is 0.404 e. The van der Waals surface area contributed by atoms with Crippen LogP contribution in [-0.2, 0) is 0 Å². The van der Waals surface area contributed by atoms with Crippen molar-refractivity contribution in [3.63, 3.8) is 0 Å². The van der Waals surface area contributed by atoms with Crippen LogP contribution in [-0.4, -0.2) is 38.0 Å². The topological polar surface area (TPSA) is 97.1 Å². The molecule has 0 aliphatic heterocycles. The van der Waals surface area contributed by atoms with Gasteiger partial charge in [0.15, 0.2) is 5.16 Å². The molecule has 9 heteroatoms. The fourth-order valence-electron chi connectivity index (χ4n) is 3.38. The van der Waals surface area contributed by atoms with Crippen LogP contribution < -0.4 is 10.9 Å². The van der Waals surface area contributed by atoms with Crippen LogP contribution >= 0.6 is 27.7 Å². The molecule has 0 saturated heterocycles. The van der Waals surface area contributed by atoms with Gasteiger partial charge in [-0.25, -0.2) is 14.8 Å². The number of carboxylic acid groups (broad SMARTS) is 1. The summed E-state index contributed by atoms with van der Waals surface area (Å²) in [4.78, 5) is 32.6. The molecule has 1 amide bonds. The van der Waals surface area contributed by atoms with E-state index >= 15 is 0 Å². The lowest BCUT2D eigenvalue weighted by atomic mass is 9.91. The first-order chi connectivity index (χ1) is 11.9. The van der Waals surface area contributed by atoms with Gasteiger partial charge in [-0.1, -0.05) is 11.8 Å². The smallest absolute Gasteiger partial charge is 0.404 e. The number of carbonyl (C=O) groups is 1. The third kappa shape index (κ3) is 3.52. The molecule has 0 atom stereocenters. The molecule has 0 radical (unpaired) electrons. The Kier molecular flexibility index (Phi) is 5.33. The molecule has 7 nitrogen and oxygen atoms in total. The van der Waals surface area contributed by atoms with Gasteiger partial charge in [-0.05, 0) is 60.4 Å². The van der Waals surface area contributed by atoms with Crippen molar-refractivity contribution in [3.8, 4) is 0 Å². The predicted molar refractivity (Wildman–Crippen MR) is 100 cm³/mol. The van der Waals surface area contributed by atoms with Gasteiger partial charge in [0.05, 0.1) is 4.47 Å². The monoisotopic (exact) mass is 426 g/mol. The summed E-state index contributed by atoms with van der Waals surface area (Å²) in [5.41, 5.74) is 1.40. The second kappa shape index (κ2) is 7.33. The Morgan fingerprint density at radius 1 is 1.40 bits per heavy atom. The number of amides is 1. The van der Waals surface area contributed by atoms with Crippen LogP contribution in [0.25, 0.3) is 11.0 Å². The summed E-state index contributed by atoms with van der Waals surface area (Å²) >= 11 is 4.85. The van der Waals surface area contributed by atoms with Gasteiger partial charge in [-0.2, -0.15) is 0 Å². The summed E-state index contributed by atoms with van der Waals surface area (Å²) in [5.74, 6) is 0. The Labute approximate surface area is 157 Å². The first-order valence-corrected chi connectivity index (χ1v) is 10.0. The van der Waals surface area contributed by atoms with Crippen molar-refractivity contribution in [2.75, 3.05) is 6.26 Å². The number of hydrogen-bond donors (Lipinski definition) is 2. The maximum atomic E-state index is 12.9. The molecule has 1 fully saturated rings. The van der Waals surface area contributed by atoms with Crippen LogP contribution in [0.2, 0.25) is 0 Å². The summed E-state index contributed by atoms with van der Waals surface area (Å²) < 4.78 is 2.29. The van der Waals surface area contributed by atoms with E-state index in [0.717, 1.165) is 23.8 Å². The average molecular weight is 427 g/mol. The minimum Gasteiger partial charge on any atom is -0.465 e. The minimum absolute atomic E-state index is 0.00310. The lowest BCUT2D eigenvalue weighted by Crippen LogP contribution is -2.38. The van der Waals surface area contributed by atoms with Gasteiger partial charge in [0, 0.05) is 23.7 Å². The second-order valence-corrected chi connectivity index (χ2v) is 7.73.